The van der Waals surface area contributed by atoms with Gasteiger partial charge in [-0.15, -0.1) is 11.6 Å². The molecule has 0 aliphatic carbocycles. The van der Waals surface area contributed by atoms with Crippen molar-refractivity contribution in [3.05, 3.63) is 34.9 Å². The summed E-state index contributed by atoms with van der Waals surface area (Å²) in [4.78, 5) is 0. The lowest BCUT2D eigenvalue weighted by Gasteiger charge is -2.02. The molecular formula is C10H10ClNO. The summed E-state index contributed by atoms with van der Waals surface area (Å²) in [5, 5.41) is 8.72. The van der Waals surface area contributed by atoms with Gasteiger partial charge in [-0.3, -0.25) is 0 Å². The molecule has 0 unspecified atom stereocenters. The molecule has 0 saturated carbocycles. The predicted molar refractivity (Wildman–Crippen MR) is 51.4 cm³/mol. The SMILES string of the molecule is COCc1cc(C#N)cc(CCl)c1. The first kappa shape index (κ1) is 10.0. The molecule has 13 heavy (non-hydrogen) atoms. The average molecular weight is 196 g/mol. The second-order valence-electron chi connectivity index (χ2n) is 2.72. The monoisotopic (exact) mass is 195 g/mol. The molecule has 3 heteroatoms. The molecule has 0 N–H and O–H groups in total. The Bertz CT molecular complexity index is 330. The van der Waals surface area contributed by atoms with Gasteiger partial charge in [0, 0.05) is 13.0 Å². The topological polar surface area (TPSA) is 33.0 Å². The van der Waals surface area contributed by atoms with Crippen LogP contribution in [0.4, 0.5) is 0 Å². The fraction of sp³-hybridized carbons (Fsp3) is 0.300. The number of rotatable bonds is 3. The largest absolute Gasteiger partial charge is 0.380 e. The predicted octanol–water partition coefficient (Wildman–Crippen LogP) is 2.44. The second-order valence-corrected chi connectivity index (χ2v) is 2.98. The van der Waals surface area contributed by atoms with Crippen molar-refractivity contribution in [3.8, 4) is 6.07 Å². The molecule has 0 spiro atoms. The number of nitrogens with zero attached hydrogens (tertiary/aromatic N) is 1. The van der Waals surface area contributed by atoms with Gasteiger partial charge in [-0.2, -0.15) is 5.26 Å². The van der Waals surface area contributed by atoms with Gasteiger partial charge in [-0.25, -0.2) is 0 Å². The van der Waals surface area contributed by atoms with Crippen LogP contribution in [0.3, 0.4) is 0 Å². The molecule has 0 aliphatic rings. The fourth-order valence-corrected chi connectivity index (χ4v) is 1.31. The van der Waals surface area contributed by atoms with E-state index in [2.05, 4.69) is 6.07 Å². The maximum absolute atomic E-state index is 8.72. The van der Waals surface area contributed by atoms with Crippen LogP contribution in [0, 0.1) is 11.3 Å². The Hall–Kier alpha value is -1.04. The lowest BCUT2D eigenvalue weighted by Crippen LogP contribution is -1.91. The van der Waals surface area contributed by atoms with Crippen molar-refractivity contribution in [3.63, 3.8) is 0 Å². The van der Waals surface area contributed by atoms with Gasteiger partial charge in [0.15, 0.2) is 0 Å². The third-order valence-electron chi connectivity index (χ3n) is 1.65. The molecule has 0 atom stereocenters. The summed E-state index contributed by atoms with van der Waals surface area (Å²) < 4.78 is 4.97. The van der Waals surface area contributed by atoms with Gasteiger partial charge >= 0.3 is 0 Å². The van der Waals surface area contributed by atoms with Crippen molar-refractivity contribution in [1.29, 1.82) is 5.26 Å². The highest BCUT2D eigenvalue weighted by atomic mass is 35.5. The third kappa shape index (κ3) is 2.73. The van der Waals surface area contributed by atoms with Gasteiger partial charge in [-0.05, 0) is 23.3 Å². The zero-order valence-electron chi connectivity index (χ0n) is 7.38. The molecule has 0 radical (unpaired) electrons. The summed E-state index contributed by atoms with van der Waals surface area (Å²) in [6.45, 7) is 0.513. The van der Waals surface area contributed by atoms with Crippen molar-refractivity contribution in [2.75, 3.05) is 7.11 Å². The van der Waals surface area contributed by atoms with Gasteiger partial charge in [-0.1, -0.05) is 6.07 Å². The Labute approximate surface area is 82.7 Å². The zero-order chi connectivity index (χ0) is 9.68. The number of methoxy groups -OCH3 is 1. The first-order valence-corrected chi connectivity index (χ1v) is 4.41. The standard InChI is InChI=1S/C10H10ClNO/c1-13-7-10-3-8(5-11)2-9(4-10)6-12/h2-4H,5,7H2,1H3. The minimum atomic E-state index is 0.423. The maximum Gasteiger partial charge on any atom is 0.0991 e. The van der Waals surface area contributed by atoms with Crippen LogP contribution >= 0.6 is 11.6 Å². The minimum Gasteiger partial charge on any atom is -0.380 e. The Kier molecular flexibility index (Phi) is 3.75. The molecule has 0 heterocycles. The first-order chi connectivity index (χ1) is 6.30. The maximum atomic E-state index is 8.72. The molecule has 0 aliphatic heterocycles. The molecule has 1 aromatic rings. The minimum absolute atomic E-state index is 0.423. The van der Waals surface area contributed by atoms with E-state index in [0.717, 1.165) is 11.1 Å². The number of nitriles is 1. The summed E-state index contributed by atoms with van der Waals surface area (Å²) >= 11 is 5.68. The number of ether oxygens (including phenoxy) is 1. The molecule has 0 saturated heterocycles. The zero-order valence-corrected chi connectivity index (χ0v) is 8.14. The van der Waals surface area contributed by atoms with Crippen molar-refractivity contribution < 1.29 is 4.74 Å². The van der Waals surface area contributed by atoms with E-state index in [0.29, 0.717) is 18.1 Å². The van der Waals surface area contributed by atoms with Gasteiger partial charge < -0.3 is 4.74 Å². The fourth-order valence-electron chi connectivity index (χ4n) is 1.15. The van der Waals surface area contributed by atoms with E-state index in [9.17, 15) is 0 Å². The summed E-state index contributed by atoms with van der Waals surface area (Å²) in [6, 6.07) is 7.62. The average Bonchev–Trinajstić information content (AvgIpc) is 2.17. The van der Waals surface area contributed by atoms with Crippen LogP contribution in [-0.2, 0) is 17.2 Å². The molecular weight excluding hydrogens is 186 g/mol. The Balaban J connectivity index is 3.01. The molecule has 1 rings (SSSR count). The molecule has 0 bridgehead atoms. The molecule has 1 aromatic carbocycles. The number of hydrogen-bond donors (Lipinski definition) is 0. The van der Waals surface area contributed by atoms with Crippen LogP contribution in [0.1, 0.15) is 16.7 Å². The van der Waals surface area contributed by atoms with Crippen LogP contribution in [0.5, 0.6) is 0 Å². The molecule has 68 valence electrons. The van der Waals surface area contributed by atoms with Gasteiger partial charge in [0.05, 0.1) is 18.2 Å². The highest BCUT2D eigenvalue weighted by molar-refractivity contribution is 6.17. The van der Waals surface area contributed by atoms with Crippen molar-refractivity contribution in [2.24, 2.45) is 0 Å². The van der Waals surface area contributed by atoms with Gasteiger partial charge in [0.1, 0.15) is 0 Å². The normalized spacial score (nSPS) is 9.62. The van der Waals surface area contributed by atoms with Crippen LogP contribution in [0.15, 0.2) is 18.2 Å². The molecule has 0 aromatic heterocycles. The number of hydrogen-bond acceptors (Lipinski definition) is 2. The van der Waals surface area contributed by atoms with Crippen LogP contribution in [0.25, 0.3) is 0 Å². The smallest absolute Gasteiger partial charge is 0.0991 e. The summed E-state index contributed by atoms with van der Waals surface area (Å²) in [6.07, 6.45) is 0. The van der Waals surface area contributed by atoms with Crippen LogP contribution in [-0.4, -0.2) is 7.11 Å². The lowest BCUT2D eigenvalue weighted by molar-refractivity contribution is 0.185. The van der Waals surface area contributed by atoms with E-state index < -0.39 is 0 Å². The highest BCUT2D eigenvalue weighted by Gasteiger charge is 1.99. The van der Waals surface area contributed by atoms with E-state index in [1.807, 2.05) is 6.07 Å². The third-order valence-corrected chi connectivity index (χ3v) is 1.96. The Morgan fingerprint density at radius 3 is 2.62 bits per heavy atom. The van der Waals surface area contributed by atoms with Crippen LogP contribution < -0.4 is 0 Å². The molecule has 0 fully saturated rings. The van der Waals surface area contributed by atoms with Gasteiger partial charge in [0.25, 0.3) is 0 Å². The Morgan fingerprint density at radius 1 is 1.38 bits per heavy atom. The van der Waals surface area contributed by atoms with Gasteiger partial charge in [0.2, 0.25) is 0 Å². The number of halogens is 1. The van der Waals surface area contributed by atoms with E-state index >= 15 is 0 Å². The molecule has 2 nitrogen and oxygen atoms in total. The van der Waals surface area contributed by atoms with E-state index in [1.54, 1.807) is 19.2 Å². The lowest BCUT2D eigenvalue weighted by atomic mass is 10.1. The van der Waals surface area contributed by atoms with Crippen LogP contribution in [0.2, 0.25) is 0 Å². The summed E-state index contributed by atoms with van der Waals surface area (Å²) in [5.74, 6) is 0.423. The Morgan fingerprint density at radius 2 is 2.08 bits per heavy atom. The van der Waals surface area contributed by atoms with Crippen molar-refractivity contribution in [1.82, 2.24) is 0 Å². The van der Waals surface area contributed by atoms with E-state index in [4.69, 9.17) is 21.6 Å². The quantitative estimate of drug-likeness (QED) is 0.695. The number of alkyl halides is 1. The summed E-state index contributed by atoms with van der Waals surface area (Å²) in [5.41, 5.74) is 2.56. The van der Waals surface area contributed by atoms with E-state index in [-0.39, 0.29) is 0 Å². The summed E-state index contributed by atoms with van der Waals surface area (Å²) in [7, 11) is 1.62. The van der Waals surface area contributed by atoms with Crippen molar-refractivity contribution >= 4 is 11.6 Å². The second kappa shape index (κ2) is 4.86. The van der Waals surface area contributed by atoms with Crippen molar-refractivity contribution in [2.45, 2.75) is 12.5 Å². The number of benzene rings is 1. The first-order valence-electron chi connectivity index (χ1n) is 3.88. The molecule has 0 amide bonds. The highest BCUT2D eigenvalue weighted by Crippen LogP contribution is 2.12. The van der Waals surface area contributed by atoms with E-state index in [1.165, 1.54) is 0 Å².